The fourth-order valence-corrected chi connectivity index (χ4v) is 2.05. The van der Waals surface area contributed by atoms with Crippen molar-refractivity contribution in [1.82, 2.24) is 25.1 Å². The molecule has 0 radical (unpaired) electrons. The van der Waals surface area contributed by atoms with Crippen LogP contribution in [-0.2, 0) is 6.54 Å². The normalized spacial score (nSPS) is 12.2. The molecule has 2 aromatic rings. The van der Waals surface area contributed by atoms with Gasteiger partial charge in [0.2, 0.25) is 0 Å². The average molecular weight is 273 g/mol. The van der Waals surface area contributed by atoms with Crippen LogP contribution in [-0.4, -0.2) is 25.7 Å². The smallest absolute Gasteiger partial charge is 0.253 e. The summed E-state index contributed by atoms with van der Waals surface area (Å²) in [6.07, 6.45) is 5.94. The summed E-state index contributed by atoms with van der Waals surface area (Å²) < 4.78 is 1.96. The zero-order valence-corrected chi connectivity index (χ0v) is 12.0. The minimum atomic E-state index is -0.198. The molecule has 0 fully saturated rings. The summed E-state index contributed by atoms with van der Waals surface area (Å²) in [6.45, 7) is 6.72. The fourth-order valence-electron chi connectivity index (χ4n) is 2.05. The highest BCUT2D eigenvalue weighted by atomic mass is 16.1. The Morgan fingerprint density at radius 1 is 1.50 bits per heavy atom. The second-order valence-corrected chi connectivity index (χ2v) is 4.77. The monoisotopic (exact) mass is 273 g/mol. The molecule has 1 atom stereocenters. The van der Waals surface area contributed by atoms with Crippen LogP contribution in [0.25, 0.3) is 0 Å². The Balaban J connectivity index is 2.11. The van der Waals surface area contributed by atoms with Crippen LogP contribution in [0.3, 0.4) is 0 Å². The van der Waals surface area contributed by atoms with Crippen LogP contribution in [0.4, 0.5) is 0 Å². The van der Waals surface area contributed by atoms with Crippen molar-refractivity contribution in [3.8, 4) is 0 Å². The molecule has 0 saturated heterocycles. The summed E-state index contributed by atoms with van der Waals surface area (Å²) in [4.78, 5) is 16.2. The molecular weight excluding hydrogens is 254 g/mol. The van der Waals surface area contributed by atoms with Gasteiger partial charge in [-0.1, -0.05) is 6.92 Å². The predicted molar refractivity (Wildman–Crippen MR) is 75.2 cm³/mol. The second-order valence-electron chi connectivity index (χ2n) is 4.77. The standard InChI is InChI=1S/C14H19N5O/c1-4-7-19-9-16-18-13(19)11(3)17-14(20)12-8-15-6-5-10(12)2/h5-6,8-9,11H,4,7H2,1-3H3,(H,17,20). The number of amides is 1. The van der Waals surface area contributed by atoms with Gasteiger partial charge >= 0.3 is 0 Å². The van der Waals surface area contributed by atoms with E-state index in [1.54, 1.807) is 18.7 Å². The Morgan fingerprint density at radius 2 is 2.30 bits per heavy atom. The predicted octanol–water partition coefficient (Wildman–Crippen LogP) is 1.88. The van der Waals surface area contributed by atoms with E-state index in [9.17, 15) is 4.79 Å². The Hall–Kier alpha value is -2.24. The van der Waals surface area contributed by atoms with Crippen molar-refractivity contribution < 1.29 is 4.79 Å². The molecule has 0 spiro atoms. The Labute approximate surface area is 118 Å². The van der Waals surface area contributed by atoms with Crippen molar-refractivity contribution in [1.29, 1.82) is 0 Å². The lowest BCUT2D eigenvalue weighted by Crippen LogP contribution is -2.29. The number of hydrogen-bond acceptors (Lipinski definition) is 4. The van der Waals surface area contributed by atoms with Crippen LogP contribution < -0.4 is 5.32 Å². The fraction of sp³-hybridized carbons (Fsp3) is 0.429. The molecular formula is C14H19N5O. The van der Waals surface area contributed by atoms with Gasteiger partial charge in [-0.05, 0) is 31.9 Å². The van der Waals surface area contributed by atoms with Crippen molar-refractivity contribution in [3.63, 3.8) is 0 Å². The third-order valence-corrected chi connectivity index (χ3v) is 3.13. The second kappa shape index (κ2) is 6.27. The van der Waals surface area contributed by atoms with Crippen LogP contribution in [0.1, 0.15) is 48.1 Å². The summed E-state index contributed by atoms with van der Waals surface area (Å²) >= 11 is 0. The van der Waals surface area contributed by atoms with Gasteiger partial charge in [0, 0.05) is 18.9 Å². The van der Waals surface area contributed by atoms with Gasteiger partial charge in [0.25, 0.3) is 5.91 Å². The number of hydrogen-bond donors (Lipinski definition) is 1. The topological polar surface area (TPSA) is 72.7 Å². The van der Waals surface area contributed by atoms with Crippen molar-refractivity contribution in [2.75, 3.05) is 0 Å². The lowest BCUT2D eigenvalue weighted by molar-refractivity contribution is 0.0936. The zero-order chi connectivity index (χ0) is 14.5. The summed E-state index contributed by atoms with van der Waals surface area (Å²) in [6, 6.07) is 1.62. The molecule has 6 heteroatoms. The van der Waals surface area contributed by atoms with E-state index in [4.69, 9.17) is 0 Å². The van der Waals surface area contributed by atoms with Gasteiger partial charge in [-0.2, -0.15) is 0 Å². The molecule has 2 rings (SSSR count). The molecule has 0 aliphatic heterocycles. The molecule has 2 heterocycles. The van der Waals surface area contributed by atoms with Gasteiger partial charge < -0.3 is 9.88 Å². The maximum Gasteiger partial charge on any atom is 0.253 e. The van der Waals surface area contributed by atoms with E-state index in [1.807, 2.05) is 24.5 Å². The number of nitrogens with one attached hydrogen (secondary N) is 1. The Morgan fingerprint density at radius 3 is 3.00 bits per heavy atom. The van der Waals surface area contributed by atoms with Crippen LogP contribution >= 0.6 is 0 Å². The molecule has 6 nitrogen and oxygen atoms in total. The Bertz CT molecular complexity index is 593. The number of rotatable bonds is 5. The van der Waals surface area contributed by atoms with E-state index < -0.39 is 0 Å². The average Bonchev–Trinajstić information content (AvgIpc) is 2.88. The zero-order valence-electron chi connectivity index (χ0n) is 12.0. The first kappa shape index (κ1) is 14.2. The first-order valence-corrected chi connectivity index (χ1v) is 6.72. The van der Waals surface area contributed by atoms with E-state index >= 15 is 0 Å². The number of aryl methyl sites for hydroxylation is 2. The van der Waals surface area contributed by atoms with E-state index in [2.05, 4.69) is 27.4 Å². The molecule has 0 aromatic carbocycles. The number of carbonyl (C=O) groups excluding carboxylic acids is 1. The SMILES string of the molecule is CCCn1cnnc1C(C)NC(=O)c1cnccc1C. The molecule has 1 amide bonds. The van der Waals surface area contributed by atoms with E-state index in [-0.39, 0.29) is 11.9 Å². The van der Waals surface area contributed by atoms with Gasteiger partial charge in [0.1, 0.15) is 6.33 Å². The van der Waals surface area contributed by atoms with Gasteiger partial charge in [0.15, 0.2) is 5.82 Å². The summed E-state index contributed by atoms with van der Waals surface area (Å²) in [7, 11) is 0. The quantitative estimate of drug-likeness (QED) is 0.902. The van der Waals surface area contributed by atoms with Gasteiger partial charge in [-0.25, -0.2) is 0 Å². The van der Waals surface area contributed by atoms with E-state index in [1.165, 1.54) is 0 Å². The van der Waals surface area contributed by atoms with Gasteiger partial charge in [0.05, 0.1) is 11.6 Å². The van der Waals surface area contributed by atoms with Crippen LogP contribution in [0.2, 0.25) is 0 Å². The summed E-state index contributed by atoms with van der Waals surface area (Å²) in [5.41, 5.74) is 1.49. The largest absolute Gasteiger partial charge is 0.342 e. The van der Waals surface area contributed by atoms with Gasteiger partial charge in [-0.15, -0.1) is 10.2 Å². The number of nitrogens with zero attached hydrogens (tertiary/aromatic N) is 4. The lowest BCUT2D eigenvalue weighted by atomic mass is 10.1. The van der Waals surface area contributed by atoms with Crippen LogP contribution in [0.5, 0.6) is 0 Å². The van der Waals surface area contributed by atoms with Crippen molar-refractivity contribution in [2.24, 2.45) is 0 Å². The maximum atomic E-state index is 12.2. The van der Waals surface area contributed by atoms with Crippen LogP contribution in [0.15, 0.2) is 24.8 Å². The molecule has 0 bridgehead atoms. The number of aromatic nitrogens is 4. The summed E-state index contributed by atoms with van der Waals surface area (Å²) in [5.74, 6) is 0.621. The first-order chi connectivity index (χ1) is 9.63. The highest BCUT2D eigenvalue weighted by Gasteiger charge is 2.17. The maximum absolute atomic E-state index is 12.2. The Kier molecular flexibility index (Phi) is 4.45. The minimum absolute atomic E-state index is 0.144. The van der Waals surface area contributed by atoms with Crippen molar-refractivity contribution in [2.45, 2.75) is 39.8 Å². The molecule has 1 N–H and O–H groups in total. The van der Waals surface area contributed by atoms with E-state index in [0.717, 1.165) is 24.4 Å². The molecule has 20 heavy (non-hydrogen) atoms. The molecule has 106 valence electrons. The van der Waals surface area contributed by atoms with Crippen molar-refractivity contribution in [3.05, 3.63) is 41.7 Å². The highest BCUT2D eigenvalue weighted by Crippen LogP contribution is 2.12. The molecule has 0 aliphatic rings. The first-order valence-electron chi connectivity index (χ1n) is 6.72. The lowest BCUT2D eigenvalue weighted by Gasteiger charge is -2.15. The molecule has 0 saturated carbocycles. The minimum Gasteiger partial charge on any atom is -0.342 e. The van der Waals surface area contributed by atoms with Gasteiger partial charge in [-0.3, -0.25) is 9.78 Å². The van der Waals surface area contributed by atoms with Crippen molar-refractivity contribution >= 4 is 5.91 Å². The molecule has 2 aromatic heterocycles. The molecule has 0 aliphatic carbocycles. The number of carbonyl (C=O) groups is 1. The third-order valence-electron chi connectivity index (χ3n) is 3.13. The number of pyridine rings is 1. The molecule has 1 unspecified atom stereocenters. The third kappa shape index (κ3) is 3.01. The van der Waals surface area contributed by atoms with E-state index in [0.29, 0.717) is 5.56 Å². The van der Waals surface area contributed by atoms with Crippen LogP contribution in [0, 0.1) is 6.92 Å². The summed E-state index contributed by atoms with van der Waals surface area (Å²) in [5, 5.41) is 10.9. The highest BCUT2D eigenvalue weighted by molar-refractivity contribution is 5.95.